The summed E-state index contributed by atoms with van der Waals surface area (Å²) in [6.07, 6.45) is 0. The molecule has 3 aliphatic rings. The monoisotopic (exact) mass is 615 g/mol. The van der Waals surface area contributed by atoms with Crippen molar-refractivity contribution >= 4 is 0 Å². The SMILES string of the molecule is C1COCCNCCN(CCN(CCN2CCNCCOCCNCC2)CCN2CCNCCOCCNCC2)CCN1. The van der Waals surface area contributed by atoms with Crippen LogP contribution in [0.4, 0.5) is 0 Å². The van der Waals surface area contributed by atoms with Gasteiger partial charge < -0.3 is 46.1 Å². The molecule has 3 aliphatic heterocycles. The van der Waals surface area contributed by atoms with Crippen LogP contribution in [0.15, 0.2) is 0 Å². The van der Waals surface area contributed by atoms with Gasteiger partial charge in [0.2, 0.25) is 0 Å². The Bertz CT molecular complexity index is 510. The highest BCUT2D eigenvalue weighted by molar-refractivity contribution is 4.73. The van der Waals surface area contributed by atoms with Crippen molar-refractivity contribution in [2.75, 3.05) is 197 Å². The topological polar surface area (TPSA) is 113 Å². The van der Waals surface area contributed by atoms with Crippen LogP contribution in [0.3, 0.4) is 0 Å². The maximum absolute atomic E-state index is 5.67. The lowest BCUT2D eigenvalue weighted by molar-refractivity contribution is 0.125. The highest BCUT2D eigenvalue weighted by Crippen LogP contribution is 1.99. The Hall–Kier alpha value is -0.520. The normalized spacial score (nSPS) is 24.5. The zero-order valence-electron chi connectivity index (χ0n) is 27.2. The molecule has 0 spiro atoms. The second-order valence-electron chi connectivity index (χ2n) is 11.7. The van der Waals surface area contributed by atoms with Crippen molar-refractivity contribution in [1.29, 1.82) is 0 Å². The van der Waals surface area contributed by atoms with E-state index in [1.54, 1.807) is 0 Å². The maximum atomic E-state index is 5.67. The Morgan fingerprint density at radius 1 is 0.349 bits per heavy atom. The number of nitrogens with zero attached hydrogens (tertiary/aromatic N) is 4. The van der Waals surface area contributed by atoms with Crippen molar-refractivity contribution in [3.63, 3.8) is 0 Å². The van der Waals surface area contributed by atoms with Crippen LogP contribution < -0.4 is 31.9 Å². The molecule has 3 fully saturated rings. The van der Waals surface area contributed by atoms with Gasteiger partial charge in [0.05, 0.1) is 39.6 Å². The second kappa shape index (κ2) is 26.7. The molecule has 0 aromatic carbocycles. The van der Waals surface area contributed by atoms with E-state index < -0.39 is 0 Å². The summed E-state index contributed by atoms with van der Waals surface area (Å²) in [5.74, 6) is 0. The third kappa shape index (κ3) is 20.3. The van der Waals surface area contributed by atoms with Gasteiger partial charge in [0.1, 0.15) is 0 Å². The van der Waals surface area contributed by atoms with E-state index in [0.717, 1.165) is 197 Å². The fourth-order valence-corrected chi connectivity index (χ4v) is 5.54. The van der Waals surface area contributed by atoms with Gasteiger partial charge in [-0.05, 0) is 0 Å². The van der Waals surface area contributed by atoms with E-state index in [-0.39, 0.29) is 0 Å². The summed E-state index contributed by atoms with van der Waals surface area (Å²) in [6.45, 7) is 29.5. The first-order valence-electron chi connectivity index (χ1n) is 17.3. The Morgan fingerprint density at radius 2 is 0.581 bits per heavy atom. The third-order valence-electron chi connectivity index (χ3n) is 8.37. The zero-order valence-corrected chi connectivity index (χ0v) is 27.2. The smallest absolute Gasteiger partial charge is 0.0591 e. The lowest BCUT2D eigenvalue weighted by Gasteiger charge is -2.32. The number of hydrogen-bond acceptors (Lipinski definition) is 13. The van der Waals surface area contributed by atoms with Gasteiger partial charge in [-0.1, -0.05) is 0 Å². The van der Waals surface area contributed by atoms with Crippen molar-refractivity contribution in [3.8, 4) is 0 Å². The largest absolute Gasteiger partial charge is 0.379 e. The summed E-state index contributed by atoms with van der Waals surface area (Å²) in [5.41, 5.74) is 0. The lowest BCUT2D eigenvalue weighted by Crippen LogP contribution is -2.48. The predicted molar refractivity (Wildman–Crippen MR) is 175 cm³/mol. The molecule has 0 unspecified atom stereocenters. The van der Waals surface area contributed by atoms with Gasteiger partial charge in [0, 0.05) is 157 Å². The van der Waals surface area contributed by atoms with Crippen LogP contribution in [0.2, 0.25) is 0 Å². The molecule has 0 saturated carbocycles. The van der Waals surface area contributed by atoms with E-state index in [0.29, 0.717) is 0 Å². The fourth-order valence-electron chi connectivity index (χ4n) is 5.54. The zero-order chi connectivity index (χ0) is 29.9. The molecule has 0 atom stereocenters. The minimum absolute atomic E-state index is 0.792. The Labute approximate surface area is 262 Å². The van der Waals surface area contributed by atoms with Crippen molar-refractivity contribution in [1.82, 2.24) is 51.5 Å². The van der Waals surface area contributed by atoms with Gasteiger partial charge in [0.25, 0.3) is 0 Å². The van der Waals surface area contributed by atoms with Gasteiger partial charge in [-0.25, -0.2) is 0 Å². The number of rotatable bonds is 9. The lowest BCUT2D eigenvalue weighted by atomic mass is 10.3. The molecular weight excluding hydrogens is 548 g/mol. The summed E-state index contributed by atoms with van der Waals surface area (Å²) < 4.78 is 17.0. The Morgan fingerprint density at radius 3 is 0.814 bits per heavy atom. The first-order chi connectivity index (χ1) is 21.4. The Kier molecular flexibility index (Phi) is 22.9. The van der Waals surface area contributed by atoms with Gasteiger partial charge in [-0.3, -0.25) is 19.6 Å². The number of hydrogen-bond donors (Lipinski definition) is 6. The van der Waals surface area contributed by atoms with E-state index in [2.05, 4.69) is 51.5 Å². The average molecular weight is 615 g/mol. The molecule has 3 heterocycles. The van der Waals surface area contributed by atoms with E-state index >= 15 is 0 Å². The summed E-state index contributed by atoms with van der Waals surface area (Å²) in [5, 5.41) is 21.4. The number of nitrogens with one attached hydrogen (secondary N) is 6. The molecular formula is C30H66N10O3. The third-order valence-corrected chi connectivity index (χ3v) is 8.37. The minimum Gasteiger partial charge on any atom is -0.379 e. The molecule has 0 aliphatic carbocycles. The van der Waals surface area contributed by atoms with Gasteiger partial charge in [-0.15, -0.1) is 0 Å². The van der Waals surface area contributed by atoms with Crippen molar-refractivity contribution in [2.45, 2.75) is 0 Å². The molecule has 3 rings (SSSR count). The van der Waals surface area contributed by atoms with Crippen LogP contribution in [0.25, 0.3) is 0 Å². The fraction of sp³-hybridized carbons (Fsp3) is 1.00. The molecule has 0 aromatic rings. The van der Waals surface area contributed by atoms with E-state index in [4.69, 9.17) is 14.2 Å². The average Bonchev–Trinajstić information content (AvgIpc) is 2.99. The van der Waals surface area contributed by atoms with Crippen LogP contribution in [-0.2, 0) is 14.2 Å². The van der Waals surface area contributed by atoms with Crippen LogP contribution in [0, 0.1) is 0 Å². The molecule has 0 radical (unpaired) electrons. The van der Waals surface area contributed by atoms with Crippen molar-refractivity contribution in [3.05, 3.63) is 0 Å². The van der Waals surface area contributed by atoms with Gasteiger partial charge in [-0.2, -0.15) is 0 Å². The molecule has 13 nitrogen and oxygen atoms in total. The highest BCUT2D eigenvalue weighted by Gasteiger charge is 2.15. The molecule has 0 bridgehead atoms. The molecule has 13 heteroatoms. The summed E-state index contributed by atoms with van der Waals surface area (Å²) >= 11 is 0. The van der Waals surface area contributed by atoms with Crippen LogP contribution in [0.1, 0.15) is 0 Å². The first-order valence-corrected chi connectivity index (χ1v) is 17.3. The summed E-state index contributed by atoms with van der Waals surface area (Å²) in [6, 6.07) is 0. The summed E-state index contributed by atoms with van der Waals surface area (Å²) in [7, 11) is 0. The highest BCUT2D eigenvalue weighted by atomic mass is 16.5. The Balaban J connectivity index is 1.53. The standard InChI is InChI=1S/C30H66N10O3/c1-13-37(14-2-32-8-26-41-25-7-31-1)19-22-40(23-20-38-15-3-33-9-27-42-28-10-34-4-16-38)24-21-39-17-5-35-11-29-43-30-12-36-6-18-39/h31-36H,1-30H2. The van der Waals surface area contributed by atoms with Crippen molar-refractivity contribution < 1.29 is 14.2 Å². The van der Waals surface area contributed by atoms with Crippen LogP contribution in [-0.4, -0.2) is 216 Å². The van der Waals surface area contributed by atoms with E-state index in [1.165, 1.54) is 0 Å². The van der Waals surface area contributed by atoms with Gasteiger partial charge in [0.15, 0.2) is 0 Å². The van der Waals surface area contributed by atoms with Crippen molar-refractivity contribution in [2.24, 2.45) is 0 Å². The number of ether oxygens (including phenoxy) is 3. The molecule has 0 amide bonds. The molecule has 254 valence electrons. The molecule has 0 aromatic heterocycles. The molecule has 6 N–H and O–H groups in total. The quantitative estimate of drug-likeness (QED) is 0.157. The molecule has 3 saturated heterocycles. The maximum Gasteiger partial charge on any atom is 0.0591 e. The van der Waals surface area contributed by atoms with Crippen LogP contribution >= 0.6 is 0 Å². The predicted octanol–water partition coefficient (Wildman–Crippen LogP) is -3.18. The first kappa shape index (κ1) is 36.9. The molecule has 43 heavy (non-hydrogen) atoms. The van der Waals surface area contributed by atoms with E-state index in [1.807, 2.05) is 0 Å². The van der Waals surface area contributed by atoms with Gasteiger partial charge >= 0.3 is 0 Å². The summed E-state index contributed by atoms with van der Waals surface area (Å²) in [4.78, 5) is 10.6. The van der Waals surface area contributed by atoms with E-state index in [9.17, 15) is 0 Å². The second-order valence-corrected chi connectivity index (χ2v) is 11.7. The van der Waals surface area contributed by atoms with Crippen LogP contribution in [0.5, 0.6) is 0 Å². The minimum atomic E-state index is 0.792.